The van der Waals surface area contributed by atoms with Crippen molar-refractivity contribution in [3.63, 3.8) is 0 Å². The zero-order valence-corrected chi connectivity index (χ0v) is 12.8. The molecule has 1 heterocycles. The van der Waals surface area contributed by atoms with Gasteiger partial charge in [0, 0.05) is 13.6 Å². The molecular formula is C16H22N4O. The first-order chi connectivity index (χ1) is 10.1. The molecular weight excluding hydrogens is 264 g/mol. The molecule has 1 aromatic carbocycles. The van der Waals surface area contributed by atoms with Gasteiger partial charge in [-0.1, -0.05) is 31.2 Å². The van der Waals surface area contributed by atoms with Crippen molar-refractivity contribution < 1.29 is 4.74 Å². The number of ether oxygens (including phenoxy) is 1. The van der Waals surface area contributed by atoms with Crippen LogP contribution in [0.15, 0.2) is 30.6 Å². The van der Waals surface area contributed by atoms with Crippen LogP contribution in [-0.4, -0.2) is 23.6 Å². The average Bonchev–Trinajstić information content (AvgIpc) is 2.48. The molecule has 0 fully saturated rings. The van der Waals surface area contributed by atoms with Gasteiger partial charge in [0.1, 0.15) is 12.0 Å². The number of nitrogens with two attached hydrogens (primary N) is 1. The molecule has 0 atom stereocenters. The maximum absolute atomic E-state index is 6.13. The second kappa shape index (κ2) is 6.92. The summed E-state index contributed by atoms with van der Waals surface area (Å²) in [5.41, 5.74) is 9.11. The lowest BCUT2D eigenvalue weighted by molar-refractivity contribution is 0.306. The molecule has 0 amide bonds. The summed E-state index contributed by atoms with van der Waals surface area (Å²) >= 11 is 0. The zero-order chi connectivity index (χ0) is 15.2. The minimum Gasteiger partial charge on any atom is -0.476 e. The minimum absolute atomic E-state index is 0.457. The Balaban J connectivity index is 2.19. The Morgan fingerprint density at radius 3 is 2.71 bits per heavy atom. The Morgan fingerprint density at radius 2 is 2.00 bits per heavy atom. The van der Waals surface area contributed by atoms with E-state index in [9.17, 15) is 0 Å². The number of rotatable bonds is 6. The number of nitrogens with zero attached hydrogens (tertiary/aromatic N) is 3. The Hall–Kier alpha value is -2.30. The van der Waals surface area contributed by atoms with Gasteiger partial charge in [-0.3, -0.25) is 0 Å². The second-order valence-corrected chi connectivity index (χ2v) is 5.05. The van der Waals surface area contributed by atoms with Gasteiger partial charge in [0.25, 0.3) is 0 Å². The molecule has 0 saturated carbocycles. The number of nitrogen functional groups attached to an aromatic ring is 1. The summed E-state index contributed by atoms with van der Waals surface area (Å²) in [6.07, 6.45) is 2.41. The molecule has 0 aliphatic rings. The van der Waals surface area contributed by atoms with Crippen molar-refractivity contribution in [1.82, 2.24) is 9.97 Å². The highest BCUT2D eigenvalue weighted by atomic mass is 16.5. The van der Waals surface area contributed by atoms with E-state index in [1.54, 1.807) is 0 Å². The largest absolute Gasteiger partial charge is 0.476 e. The number of benzene rings is 1. The van der Waals surface area contributed by atoms with Gasteiger partial charge in [-0.25, -0.2) is 4.98 Å². The van der Waals surface area contributed by atoms with E-state index in [1.807, 2.05) is 31.0 Å². The fraction of sp³-hybridized carbons (Fsp3) is 0.375. The molecule has 1 aromatic heterocycles. The third-order valence-electron chi connectivity index (χ3n) is 3.30. The fourth-order valence-electron chi connectivity index (χ4n) is 2.11. The van der Waals surface area contributed by atoms with Gasteiger partial charge >= 0.3 is 0 Å². The van der Waals surface area contributed by atoms with Crippen molar-refractivity contribution in [1.29, 1.82) is 0 Å². The molecule has 0 spiro atoms. The van der Waals surface area contributed by atoms with Crippen molar-refractivity contribution in [2.45, 2.75) is 26.8 Å². The topological polar surface area (TPSA) is 64.3 Å². The van der Waals surface area contributed by atoms with Crippen molar-refractivity contribution in [3.8, 4) is 5.88 Å². The third kappa shape index (κ3) is 3.62. The van der Waals surface area contributed by atoms with Crippen LogP contribution in [0.25, 0.3) is 0 Å². The van der Waals surface area contributed by atoms with Gasteiger partial charge in [0.2, 0.25) is 5.88 Å². The number of aromatic nitrogens is 2. The Bertz CT molecular complexity index is 601. The van der Waals surface area contributed by atoms with Crippen LogP contribution in [-0.2, 0) is 6.54 Å². The van der Waals surface area contributed by atoms with Crippen molar-refractivity contribution in [3.05, 3.63) is 41.7 Å². The molecule has 0 bridgehead atoms. The quantitative estimate of drug-likeness (QED) is 0.884. The monoisotopic (exact) mass is 286 g/mol. The van der Waals surface area contributed by atoms with Gasteiger partial charge in [-0.05, 0) is 24.5 Å². The molecule has 2 rings (SSSR count). The van der Waals surface area contributed by atoms with Crippen LogP contribution < -0.4 is 15.4 Å². The van der Waals surface area contributed by atoms with Crippen molar-refractivity contribution in [2.24, 2.45) is 0 Å². The van der Waals surface area contributed by atoms with E-state index in [0.717, 1.165) is 13.0 Å². The highest BCUT2D eigenvalue weighted by Crippen LogP contribution is 2.28. The third-order valence-corrected chi connectivity index (χ3v) is 3.30. The standard InChI is InChI=1S/C16H22N4O/c1-4-9-21-16-14(17)15(18-11-19-16)20(3)10-13-8-6-5-7-12(13)2/h5-8,11H,4,9-10,17H2,1-3H3. The first-order valence-corrected chi connectivity index (χ1v) is 7.12. The van der Waals surface area contributed by atoms with Crippen LogP contribution in [0.4, 0.5) is 11.5 Å². The zero-order valence-electron chi connectivity index (χ0n) is 12.8. The minimum atomic E-state index is 0.457. The lowest BCUT2D eigenvalue weighted by atomic mass is 10.1. The van der Waals surface area contributed by atoms with Gasteiger partial charge in [-0.2, -0.15) is 4.98 Å². The normalized spacial score (nSPS) is 10.4. The van der Waals surface area contributed by atoms with E-state index in [0.29, 0.717) is 24.0 Å². The molecule has 0 saturated heterocycles. The van der Waals surface area contributed by atoms with Crippen LogP contribution in [0, 0.1) is 6.92 Å². The van der Waals surface area contributed by atoms with Gasteiger partial charge in [0.15, 0.2) is 5.82 Å². The number of hydrogen-bond donors (Lipinski definition) is 1. The molecule has 112 valence electrons. The Kier molecular flexibility index (Phi) is 4.98. The number of anilines is 2. The maximum atomic E-state index is 6.13. The molecule has 0 aliphatic carbocycles. The molecule has 0 unspecified atom stereocenters. The Morgan fingerprint density at radius 1 is 1.24 bits per heavy atom. The van der Waals surface area contributed by atoms with E-state index in [4.69, 9.17) is 10.5 Å². The molecule has 0 aliphatic heterocycles. The highest BCUT2D eigenvalue weighted by Gasteiger charge is 2.13. The molecule has 0 radical (unpaired) electrons. The molecule has 21 heavy (non-hydrogen) atoms. The van der Waals surface area contributed by atoms with E-state index in [-0.39, 0.29) is 0 Å². The van der Waals surface area contributed by atoms with Crippen molar-refractivity contribution >= 4 is 11.5 Å². The first kappa shape index (κ1) is 15.1. The van der Waals surface area contributed by atoms with Crippen LogP contribution in [0.1, 0.15) is 24.5 Å². The summed E-state index contributed by atoms with van der Waals surface area (Å²) in [7, 11) is 1.97. The highest BCUT2D eigenvalue weighted by molar-refractivity contribution is 5.67. The van der Waals surface area contributed by atoms with Crippen LogP contribution in [0.3, 0.4) is 0 Å². The second-order valence-electron chi connectivity index (χ2n) is 5.05. The molecule has 2 aromatic rings. The lowest BCUT2D eigenvalue weighted by Crippen LogP contribution is -2.20. The van der Waals surface area contributed by atoms with Gasteiger partial charge < -0.3 is 15.4 Å². The fourth-order valence-corrected chi connectivity index (χ4v) is 2.11. The van der Waals surface area contributed by atoms with E-state index in [1.165, 1.54) is 17.5 Å². The molecule has 2 N–H and O–H groups in total. The summed E-state index contributed by atoms with van der Waals surface area (Å²) in [4.78, 5) is 10.4. The predicted molar refractivity (Wildman–Crippen MR) is 85.5 cm³/mol. The lowest BCUT2D eigenvalue weighted by Gasteiger charge is -2.21. The first-order valence-electron chi connectivity index (χ1n) is 7.12. The summed E-state index contributed by atoms with van der Waals surface area (Å²) in [6.45, 7) is 5.48. The summed E-state index contributed by atoms with van der Waals surface area (Å²) in [5, 5.41) is 0. The molecule has 5 heteroatoms. The summed E-state index contributed by atoms with van der Waals surface area (Å²) in [6, 6.07) is 8.28. The maximum Gasteiger partial charge on any atom is 0.242 e. The van der Waals surface area contributed by atoms with Crippen molar-refractivity contribution in [2.75, 3.05) is 24.3 Å². The molecule has 5 nitrogen and oxygen atoms in total. The SMILES string of the molecule is CCCOc1ncnc(N(C)Cc2ccccc2C)c1N. The van der Waals surface area contributed by atoms with Gasteiger partial charge in [0.05, 0.1) is 6.61 Å². The van der Waals surface area contributed by atoms with Gasteiger partial charge in [-0.15, -0.1) is 0 Å². The van der Waals surface area contributed by atoms with E-state index >= 15 is 0 Å². The van der Waals surface area contributed by atoms with Crippen LogP contribution in [0.2, 0.25) is 0 Å². The average molecular weight is 286 g/mol. The van der Waals surface area contributed by atoms with E-state index < -0.39 is 0 Å². The smallest absolute Gasteiger partial charge is 0.242 e. The number of hydrogen-bond acceptors (Lipinski definition) is 5. The number of aryl methyl sites for hydroxylation is 1. The van der Waals surface area contributed by atoms with Crippen LogP contribution in [0.5, 0.6) is 5.88 Å². The van der Waals surface area contributed by atoms with E-state index in [2.05, 4.69) is 29.0 Å². The summed E-state index contributed by atoms with van der Waals surface area (Å²) in [5.74, 6) is 1.15. The predicted octanol–water partition coefficient (Wildman–Crippen LogP) is 2.79. The van der Waals surface area contributed by atoms with Crippen LogP contribution >= 0.6 is 0 Å². The summed E-state index contributed by atoms with van der Waals surface area (Å²) < 4.78 is 5.55. The Labute approximate surface area is 125 Å².